The van der Waals surface area contributed by atoms with Gasteiger partial charge in [0.15, 0.2) is 5.78 Å². The first-order chi connectivity index (χ1) is 12.7. The number of allylic oxidation sites excluding steroid dienone is 1. The Morgan fingerprint density at radius 2 is 1.74 bits per heavy atom. The quantitative estimate of drug-likeness (QED) is 0.686. The van der Waals surface area contributed by atoms with Crippen molar-refractivity contribution in [2.24, 2.45) is 0 Å². The van der Waals surface area contributed by atoms with E-state index in [-0.39, 0.29) is 4.90 Å². The van der Waals surface area contributed by atoms with Crippen molar-refractivity contribution in [1.82, 2.24) is 0 Å². The van der Waals surface area contributed by atoms with Crippen molar-refractivity contribution in [3.63, 3.8) is 0 Å². The Kier molecular flexibility index (Phi) is 4.16. The predicted octanol–water partition coefficient (Wildman–Crippen LogP) is 4.47. The summed E-state index contributed by atoms with van der Waals surface area (Å²) in [7, 11) is -3.91. The van der Waals surface area contributed by atoms with E-state index < -0.39 is 21.0 Å². The number of benzene rings is 2. The van der Waals surface area contributed by atoms with Crippen LogP contribution in [-0.2, 0) is 14.6 Å². The summed E-state index contributed by atoms with van der Waals surface area (Å²) < 4.78 is 27.9. The van der Waals surface area contributed by atoms with Crippen molar-refractivity contribution in [2.75, 3.05) is 4.90 Å². The second-order valence-corrected chi connectivity index (χ2v) is 9.71. The molecule has 1 atom stereocenters. The van der Waals surface area contributed by atoms with E-state index in [1.54, 1.807) is 30.0 Å². The van der Waals surface area contributed by atoms with Crippen molar-refractivity contribution in [1.29, 1.82) is 0 Å². The molecule has 2 aromatic carbocycles. The van der Waals surface area contributed by atoms with E-state index in [0.29, 0.717) is 16.9 Å². The molecule has 138 valence electrons. The first-order valence-electron chi connectivity index (χ1n) is 8.55. The Bertz CT molecular complexity index is 1160. The number of nitrogens with zero attached hydrogens (tertiary/aromatic N) is 1. The lowest BCUT2D eigenvalue weighted by molar-refractivity contribution is -0.113. The number of ketones is 1. The SMILES string of the molecule is Cc1ccc(S(=O)(=O)C2C(=O)C=C3C=Cc4c(Br)cccc4N32)c(C)c1C. The summed E-state index contributed by atoms with van der Waals surface area (Å²) in [4.78, 5) is 14.6. The molecule has 2 aliphatic heterocycles. The van der Waals surface area contributed by atoms with E-state index in [0.717, 1.165) is 21.2 Å². The van der Waals surface area contributed by atoms with Crippen LogP contribution in [0.5, 0.6) is 0 Å². The fourth-order valence-corrected chi connectivity index (χ4v) is 6.12. The summed E-state index contributed by atoms with van der Waals surface area (Å²) >= 11 is 3.51. The fraction of sp³-hybridized carbons (Fsp3) is 0.190. The summed E-state index contributed by atoms with van der Waals surface area (Å²) in [6, 6.07) is 8.98. The average molecular weight is 444 g/mol. The van der Waals surface area contributed by atoms with Gasteiger partial charge in [0.25, 0.3) is 0 Å². The highest BCUT2D eigenvalue weighted by molar-refractivity contribution is 9.10. The van der Waals surface area contributed by atoms with Crippen LogP contribution in [0.25, 0.3) is 6.08 Å². The maximum atomic E-state index is 13.5. The Morgan fingerprint density at radius 3 is 2.48 bits per heavy atom. The molecule has 0 saturated carbocycles. The Morgan fingerprint density at radius 1 is 1.00 bits per heavy atom. The molecule has 0 amide bonds. The minimum atomic E-state index is -3.91. The summed E-state index contributed by atoms with van der Waals surface area (Å²) in [5.74, 6) is -0.417. The van der Waals surface area contributed by atoms with Gasteiger partial charge in [-0.15, -0.1) is 0 Å². The molecule has 0 aromatic heterocycles. The topological polar surface area (TPSA) is 54.5 Å². The molecular formula is C21H18BrNO3S. The smallest absolute Gasteiger partial charge is 0.207 e. The minimum absolute atomic E-state index is 0.213. The number of carbonyl (C=O) groups is 1. The molecule has 2 aromatic rings. The largest absolute Gasteiger partial charge is 0.316 e. The van der Waals surface area contributed by atoms with E-state index in [9.17, 15) is 13.2 Å². The second-order valence-electron chi connectivity index (χ2n) is 6.88. The van der Waals surface area contributed by atoms with Gasteiger partial charge in [0.1, 0.15) is 0 Å². The molecule has 6 heteroatoms. The molecule has 0 saturated heterocycles. The molecule has 4 nitrogen and oxygen atoms in total. The zero-order chi connectivity index (χ0) is 19.5. The predicted molar refractivity (Wildman–Crippen MR) is 110 cm³/mol. The summed E-state index contributed by atoms with van der Waals surface area (Å²) in [6.07, 6.45) is 5.10. The maximum Gasteiger partial charge on any atom is 0.207 e. The Balaban J connectivity index is 1.91. The number of anilines is 1. The van der Waals surface area contributed by atoms with Crippen LogP contribution in [-0.4, -0.2) is 19.6 Å². The number of rotatable bonds is 2. The van der Waals surface area contributed by atoms with Gasteiger partial charge in [0.2, 0.25) is 15.2 Å². The highest BCUT2D eigenvalue weighted by Gasteiger charge is 2.45. The standard InChI is InChI=1S/C21H18BrNO3S/c1-12-7-10-20(14(3)13(12)2)27(25,26)21-19(24)11-15-8-9-16-17(22)5-4-6-18(16)23(15)21/h4-11,21H,1-3H3. The number of halogens is 1. The summed E-state index contributed by atoms with van der Waals surface area (Å²) in [6.45, 7) is 5.64. The van der Waals surface area contributed by atoms with Gasteiger partial charge in [-0.05, 0) is 67.8 Å². The molecular weight excluding hydrogens is 426 g/mol. The zero-order valence-corrected chi connectivity index (χ0v) is 17.6. The van der Waals surface area contributed by atoms with Crippen molar-refractivity contribution in [3.8, 4) is 0 Å². The number of carbonyl (C=O) groups excluding carboxylic acids is 1. The first kappa shape index (κ1) is 18.2. The summed E-state index contributed by atoms with van der Waals surface area (Å²) in [5, 5.41) is -1.29. The van der Waals surface area contributed by atoms with Crippen LogP contribution >= 0.6 is 15.9 Å². The van der Waals surface area contributed by atoms with Crippen LogP contribution < -0.4 is 4.90 Å². The molecule has 4 rings (SSSR count). The maximum absolute atomic E-state index is 13.5. The van der Waals surface area contributed by atoms with Gasteiger partial charge in [0, 0.05) is 21.8 Å². The summed E-state index contributed by atoms with van der Waals surface area (Å²) in [5.41, 5.74) is 4.81. The lowest BCUT2D eigenvalue weighted by atomic mass is 10.1. The molecule has 2 heterocycles. The van der Waals surface area contributed by atoms with Gasteiger partial charge in [-0.3, -0.25) is 4.79 Å². The molecule has 0 spiro atoms. The van der Waals surface area contributed by atoms with E-state index in [4.69, 9.17) is 0 Å². The van der Waals surface area contributed by atoms with Crippen LogP contribution in [0.1, 0.15) is 22.3 Å². The van der Waals surface area contributed by atoms with Crippen molar-refractivity contribution in [2.45, 2.75) is 31.0 Å². The molecule has 27 heavy (non-hydrogen) atoms. The molecule has 0 N–H and O–H groups in total. The van der Waals surface area contributed by atoms with Crippen molar-refractivity contribution in [3.05, 3.63) is 74.9 Å². The monoisotopic (exact) mass is 443 g/mol. The first-order valence-corrected chi connectivity index (χ1v) is 10.9. The third kappa shape index (κ3) is 2.62. The lowest BCUT2D eigenvalue weighted by Crippen LogP contribution is -2.42. The van der Waals surface area contributed by atoms with Gasteiger partial charge in [-0.2, -0.15) is 0 Å². The van der Waals surface area contributed by atoms with Gasteiger partial charge in [0.05, 0.1) is 10.6 Å². The molecule has 0 bridgehead atoms. The fourth-order valence-electron chi connectivity index (χ4n) is 3.66. The lowest BCUT2D eigenvalue weighted by Gasteiger charge is -2.32. The van der Waals surface area contributed by atoms with Crippen LogP contribution in [0.15, 0.2) is 57.5 Å². The number of hydrogen-bond donors (Lipinski definition) is 0. The number of aryl methyl sites for hydroxylation is 1. The van der Waals surface area contributed by atoms with Gasteiger partial charge >= 0.3 is 0 Å². The molecule has 0 aliphatic carbocycles. The molecule has 2 aliphatic rings. The van der Waals surface area contributed by atoms with E-state index >= 15 is 0 Å². The van der Waals surface area contributed by atoms with E-state index in [2.05, 4.69) is 15.9 Å². The molecule has 0 fully saturated rings. The van der Waals surface area contributed by atoms with Crippen LogP contribution in [0.4, 0.5) is 5.69 Å². The van der Waals surface area contributed by atoms with Crippen LogP contribution in [0.3, 0.4) is 0 Å². The number of fused-ring (bicyclic) bond motifs is 3. The third-order valence-electron chi connectivity index (χ3n) is 5.37. The van der Waals surface area contributed by atoms with Gasteiger partial charge in [-0.1, -0.05) is 28.1 Å². The van der Waals surface area contributed by atoms with E-state index in [1.807, 2.05) is 38.1 Å². The number of hydrogen-bond acceptors (Lipinski definition) is 4. The second kappa shape index (κ2) is 6.17. The van der Waals surface area contributed by atoms with Crippen molar-refractivity contribution >= 4 is 43.3 Å². The highest BCUT2D eigenvalue weighted by Crippen LogP contribution is 2.42. The van der Waals surface area contributed by atoms with Gasteiger partial charge < -0.3 is 4.90 Å². The third-order valence-corrected chi connectivity index (χ3v) is 8.14. The van der Waals surface area contributed by atoms with Crippen molar-refractivity contribution < 1.29 is 13.2 Å². The number of sulfone groups is 1. The zero-order valence-electron chi connectivity index (χ0n) is 15.2. The normalized spacial score (nSPS) is 18.4. The molecule has 1 unspecified atom stereocenters. The highest BCUT2D eigenvalue weighted by atomic mass is 79.9. The minimum Gasteiger partial charge on any atom is -0.316 e. The van der Waals surface area contributed by atoms with E-state index in [1.165, 1.54) is 6.08 Å². The van der Waals surface area contributed by atoms with Crippen LogP contribution in [0.2, 0.25) is 0 Å². The van der Waals surface area contributed by atoms with Crippen LogP contribution in [0, 0.1) is 20.8 Å². The average Bonchev–Trinajstić information content (AvgIpc) is 2.97. The van der Waals surface area contributed by atoms with Gasteiger partial charge in [-0.25, -0.2) is 8.42 Å². The molecule has 0 radical (unpaired) electrons. The Hall–Kier alpha value is -2.18. The Labute approximate surface area is 167 Å².